The monoisotopic (exact) mass is 301 g/mol. The van der Waals surface area contributed by atoms with Crippen LogP contribution in [0.25, 0.3) is 0 Å². The van der Waals surface area contributed by atoms with Gasteiger partial charge < -0.3 is 11.1 Å². The first-order chi connectivity index (χ1) is 9.44. The quantitative estimate of drug-likeness (QED) is 0.592. The molecular formula is C11H19N5O3S. The molecule has 0 unspecified atom stereocenters. The highest BCUT2D eigenvalue weighted by molar-refractivity contribution is 7.91. The Kier molecular flexibility index (Phi) is 4.71. The summed E-state index contributed by atoms with van der Waals surface area (Å²) in [4.78, 5) is 10.6. The minimum absolute atomic E-state index is 0.0703. The van der Waals surface area contributed by atoms with Gasteiger partial charge in [0, 0.05) is 25.2 Å². The number of rotatable bonds is 9. The predicted molar refractivity (Wildman–Crippen MR) is 72.3 cm³/mol. The zero-order valence-corrected chi connectivity index (χ0v) is 12.0. The van der Waals surface area contributed by atoms with Crippen LogP contribution in [0.5, 0.6) is 0 Å². The normalized spacial score (nSPS) is 15.4. The highest BCUT2D eigenvalue weighted by Gasteiger charge is 2.20. The van der Waals surface area contributed by atoms with Crippen molar-refractivity contribution in [2.75, 3.05) is 11.5 Å². The Morgan fingerprint density at radius 3 is 2.85 bits per heavy atom. The van der Waals surface area contributed by atoms with Gasteiger partial charge in [0.15, 0.2) is 9.84 Å². The van der Waals surface area contributed by atoms with E-state index in [2.05, 4.69) is 15.6 Å². The third kappa shape index (κ3) is 5.25. The van der Waals surface area contributed by atoms with Crippen LogP contribution in [0.2, 0.25) is 0 Å². The minimum atomic E-state index is -3.29. The minimum Gasteiger partial charge on any atom is -0.370 e. The first-order valence-electron chi connectivity index (χ1n) is 6.56. The summed E-state index contributed by atoms with van der Waals surface area (Å²) in [5.41, 5.74) is 5.73. The maximum atomic E-state index is 11.7. The first kappa shape index (κ1) is 14.9. The maximum absolute atomic E-state index is 11.7. The summed E-state index contributed by atoms with van der Waals surface area (Å²) in [5, 5.41) is 11.2. The molecule has 3 N–H and O–H groups in total. The lowest BCUT2D eigenvalue weighted by molar-refractivity contribution is -0.117. The number of aromatic nitrogens is 3. The summed E-state index contributed by atoms with van der Waals surface area (Å²) in [6.45, 7) is 0.886. The van der Waals surface area contributed by atoms with E-state index in [9.17, 15) is 13.2 Å². The SMILES string of the molecule is NC(=O)CCS(=O)(=O)CCn1cc(CNC2CC2)nn1. The fourth-order valence-electron chi connectivity index (χ4n) is 1.66. The van der Waals surface area contributed by atoms with Crippen molar-refractivity contribution in [3.63, 3.8) is 0 Å². The molecule has 8 nitrogen and oxygen atoms in total. The van der Waals surface area contributed by atoms with Crippen molar-refractivity contribution in [3.8, 4) is 0 Å². The van der Waals surface area contributed by atoms with Crippen molar-refractivity contribution in [1.29, 1.82) is 0 Å². The second-order valence-electron chi connectivity index (χ2n) is 5.00. The third-order valence-electron chi connectivity index (χ3n) is 3.03. The average molecular weight is 301 g/mol. The number of hydrogen-bond acceptors (Lipinski definition) is 6. The molecule has 20 heavy (non-hydrogen) atoms. The second-order valence-corrected chi connectivity index (χ2v) is 7.30. The van der Waals surface area contributed by atoms with Crippen LogP contribution >= 0.6 is 0 Å². The number of nitrogens with zero attached hydrogens (tertiary/aromatic N) is 3. The Morgan fingerprint density at radius 1 is 1.45 bits per heavy atom. The molecule has 0 radical (unpaired) electrons. The summed E-state index contributed by atoms with van der Waals surface area (Å²) in [6, 6.07) is 0.592. The van der Waals surface area contributed by atoms with Gasteiger partial charge in [0.25, 0.3) is 0 Å². The molecule has 2 rings (SSSR count). The molecule has 0 spiro atoms. The van der Waals surface area contributed by atoms with Crippen LogP contribution in [-0.4, -0.2) is 46.9 Å². The van der Waals surface area contributed by atoms with Crippen LogP contribution < -0.4 is 11.1 Å². The summed E-state index contributed by atoms with van der Waals surface area (Å²) >= 11 is 0. The Bertz CT molecular complexity index is 564. The van der Waals surface area contributed by atoms with Gasteiger partial charge >= 0.3 is 0 Å². The third-order valence-corrected chi connectivity index (χ3v) is 4.66. The molecule has 1 heterocycles. The average Bonchev–Trinajstić information content (AvgIpc) is 3.10. The number of nitrogens with one attached hydrogen (secondary N) is 1. The van der Waals surface area contributed by atoms with Gasteiger partial charge in [-0.2, -0.15) is 0 Å². The van der Waals surface area contributed by atoms with Gasteiger partial charge in [0.1, 0.15) is 0 Å². The molecule has 0 aliphatic heterocycles. The smallest absolute Gasteiger partial charge is 0.218 e. The van der Waals surface area contributed by atoms with Gasteiger partial charge in [-0.1, -0.05) is 5.21 Å². The number of amides is 1. The summed E-state index contributed by atoms with van der Waals surface area (Å²) in [6.07, 6.45) is 3.99. The first-order valence-corrected chi connectivity index (χ1v) is 8.38. The van der Waals surface area contributed by atoms with E-state index in [4.69, 9.17) is 5.73 Å². The molecule has 112 valence electrons. The number of aryl methyl sites for hydroxylation is 1. The lowest BCUT2D eigenvalue weighted by atomic mass is 10.4. The molecule has 1 amide bonds. The molecule has 0 aromatic carbocycles. The number of nitrogens with two attached hydrogens (primary N) is 1. The second kappa shape index (κ2) is 6.31. The number of carbonyl (C=O) groups excluding carboxylic acids is 1. The number of hydrogen-bond donors (Lipinski definition) is 2. The van der Waals surface area contributed by atoms with Gasteiger partial charge in [-0.3, -0.25) is 9.48 Å². The van der Waals surface area contributed by atoms with Gasteiger partial charge in [0.05, 0.1) is 23.7 Å². The molecule has 1 fully saturated rings. The summed E-state index contributed by atoms with van der Waals surface area (Å²) < 4.78 is 24.8. The van der Waals surface area contributed by atoms with Crippen LogP contribution in [0, 0.1) is 0 Å². The van der Waals surface area contributed by atoms with Crippen molar-refractivity contribution in [3.05, 3.63) is 11.9 Å². The Balaban J connectivity index is 1.76. The van der Waals surface area contributed by atoms with Crippen molar-refractivity contribution in [1.82, 2.24) is 20.3 Å². The van der Waals surface area contributed by atoms with E-state index >= 15 is 0 Å². The van der Waals surface area contributed by atoms with E-state index in [1.807, 2.05) is 0 Å². The predicted octanol–water partition coefficient (Wildman–Crippen LogP) is -1.18. The molecule has 9 heteroatoms. The Hall–Kier alpha value is -1.48. The van der Waals surface area contributed by atoms with Gasteiger partial charge in [-0.15, -0.1) is 5.10 Å². The molecule has 1 saturated carbocycles. The highest BCUT2D eigenvalue weighted by Crippen LogP contribution is 2.18. The van der Waals surface area contributed by atoms with Crippen LogP contribution in [-0.2, 0) is 27.7 Å². The van der Waals surface area contributed by atoms with Crippen molar-refractivity contribution in [2.24, 2.45) is 5.73 Å². The van der Waals surface area contributed by atoms with Crippen molar-refractivity contribution >= 4 is 15.7 Å². The topological polar surface area (TPSA) is 120 Å². The van der Waals surface area contributed by atoms with Gasteiger partial charge in [0.2, 0.25) is 5.91 Å². The Morgan fingerprint density at radius 2 is 2.20 bits per heavy atom. The summed E-state index contributed by atoms with van der Waals surface area (Å²) in [7, 11) is -3.29. The van der Waals surface area contributed by atoms with E-state index < -0.39 is 15.7 Å². The Labute approximate surface area is 117 Å². The lowest BCUT2D eigenvalue weighted by Gasteiger charge is -2.02. The summed E-state index contributed by atoms with van der Waals surface area (Å²) in [5.74, 6) is -0.894. The zero-order chi connectivity index (χ0) is 14.6. The fraction of sp³-hybridized carbons (Fsp3) is 0.727. The van der Waals surface area contributed by atoms with E-state index in [1.54, 1.807) is 6.20 Å². The molecule has 1 aliphatic rings. The lowest BCUT2D eigenvalue weighted by Crippen LogP contribution is -2.21. The molecule has 1 aromatic rings. The van der Waals surface area contributed by atoms with E-state index in [0.29, 0.717) is 12.6 Å². The number of carbonyl (C=O) groups is 1. The van der Waals surface area contributed by atoms with Gasteiger partial charge in [-0.05, 0) is 12.8 Å². The maximum Gasteiger partial charge on any atom is 0.218 e. The van der Waals surface area contributed by atoms with E-state index in [0.717, 1.165) is 5.69 Å². The van der Waals surface area contributed by atoms with E-state index in [-0.39, 0.29) is 24.5 Å². The van der Waals surface area contributed by atoms with Crippen molar-refractivity contribution < 1.29 is 13.2 Å². The highest BCUT2D eigenvalue weighted by atomic mass is 32.2. The molecule has 0 atom stereocenters. The fourth-order valence-corrected chi connectivity index (χ4v) is 2.84. The largest absolute Gasteiger partial charge is 0.370 e. The number of sulfone groups is 1. The molecule has 0 saturated heterocycles. The molecule has 1 aliphatic carbocycles. The van der Waals surface area contributed by atoms with Crippen LogP contribution in [0.15, 0.2) is 6.20 Å². The molecular weight excluding hydrogens is 282 g/mol. The van der Waals surface area contributed by atoms with Gasteiger partial charge in [-0.25, -0.2) is 8.42 Å². The van der Waals surface area contributed by atoms with Crippen LogP contribution in [0.4, 0.5) is 0 Å². The van der Waals surface area contributed by atoms with Crippen LogP contribution in [0.1, 0.15) is 25.0 Å². The van der Waals surface area contributed by atoms with E-state index in [1.165, 1.54) is 17.5 Å². The van der Waals surface area contributed by atoms with Crippen molar-refractivity contribution in [2.45, 2.75) is 38.4 Å². The number of primary amides is 1. The van der Waals surface area contributed by atoms with Crippen LogP contribution in [0.3, 0.4) is 0 Å². The standard InChI is InChI=1S/C11H19N5O3S/c12-11(17)3-5-20(18,19)6-4-16-8-10(14-15-16)7-13-9-1-2-9/h8-9,13H,1-7H2,(H2,12,17). The zero-order valence-electron chi connectivity index (χ0n) is 11.2. The molecule has 0 bridgehead atoms. The molecule has 1 aromatic heterocycles.